The van der Waals surface area contributed by atoms with E-state index in [0.29, 0.717) is 6.42 Å². The molecule has 0 bridgehead atoms. The second kappa shape index (κ2) is 6.93. The van der Waals surface area contributed by atoms with Crippen molar-refractivity contribution in [1.29, 1.82) is 0 Å². The van der Waals surface area contributed by atoms with Crippen molar-refractivity contribution in [2.45, 2.75) is 33.2 Å². The lowest BCUT2D eigenvalue weighted by Crippen LogP contribution is -2.30. The number of benzene rings is 1. The molecule has 0 spiro atoms. The van der Waals surface area contributed by atoms with Gasteiger partial charge < -0.3 is 9.73 Å². The number of anilines is 1. The lowest BCUT2D eigenvalue weighted by Gasteiger charge is -2.21. The van der Waals surface area contributed by atoms with Gasteiger partial charge in [-0.3, -0.25) is 9.59 Å². The van der Waals surface area contributed by atoms with E-state index in [1.807, 2.05) is 50.2 Å². The van der Waals surface area contributed by atoms with Gasteiger partial charge in [-0.2, -0.15) is 5.10 Å². The summed E-state index contributed by atoms with van der Waals surface area (Å²) in [5.74, 6) is 0.425. The van der Waals surface area contributed by atoms with E-state index >= 15 is 0 Å². The van der Waals surface area contributed by atoms with Gasteiger partial charge in [0.2, 0.25) is 11.8 Å². The van der Waals surface area contributed by atoms with Gasteiger partial charge in [-0.15, -0.1) is 0 Å². The molecular weight excluding hydrogens is 318 g/mol. The minimum absolute atomic E-state index is 0.0359. The van der Waals surface area contributed by atoms with Gasteiger partial charge in [-0.25, -0.2) is 5.01 Å². The van der Waals surface area contributed by atoms with Crippen molar-refractivity contribution in [3.63, 3.8) is 0 Å². The molecule has 2 aromatic rings. The van der Waals surface area contributed by atoms with Crippen molar-refractivity contribution in [3.8, 4) is 0 Å². The van der Waals surface area contributed by atoms with Gasteiger partial charge in [0.05, 0.1) is 12.0 Å². The average Bonchev–Trinajstić information content (AvgIpc) is 3.23. The number of nitrogens with one attached hydrogen (secondary N) is 1. The van der Waals surface area contributed by atoms with E-state index in [9.17, 15) is 9.59 Å². The van der Waals surface area contributed by atoms with E-state index in [1.54, 1.807) is 6.26 Å². The first-order valence-electron chi connectivity index (χ1n) is 8.27. The standard InChI is InChI=1S/C19H21N3O3/c1-12(2)19(24)22-17(18-5-4-10-25-18)11-16(21-22)14-6-8-15(9-7-14)20-13(3)23/h4-10,12,17H,11H2,1-3H3,(H,20,23)/t17-/m0/s1. The van der Waals surface area contributed by atoms with Gasteiger partial charge in [0, 0.05) is 24.9 Å². The van der Waals surface area contributed by atoms with Crippen LogP contribution in [0.15, 0.2) is 52.2 Å². The van der Waals surface area contributed by atoms with E-state index in [-0.39, 0.29) is 23.8 Å². The number of hydrazone groups is 1. The van der Waals surface area contributed by atoms with Gasteiger partial charge in [-0.05, 0) is 29.8 Å². The van der Waals surface area contributed by atoms with Crippen LogP contribution >= 0.6 is 0 Å². The van der Waals surface area contributed by atoms with E-state index < -0.39 is 0 Å². The molecule has 1 aliphatic rings. The number of furan rings is 1. The van der Waals surface area contributed by atoms with Crippen LogP contribution < -0.4 is 5.32 Å². The predicted molar refractivity (Wildman–Crippen MR) is 95.0 cm³/mol. The molecule has 1 aromatic carbocycles. The van der Waals surface area contributed by atoms with E-state index in [4.69, 9.17) is 4.42 Å². The molecule has 1 aromatic heterocycles. The van der Waals surface area contributed by atoms with Gasteiger partial charge >= 0.3 is 0 Å². The number of nitrogens with zero attached hydrogens (tertiary/aromatic N) is 2. The maximum Gasteiger partial charge on any atom is 0.245 e. The maximum atomic E-state index is 12.5. The van der Waals surface area contributed by atoms with Crippen molar-refractivity contribution >= 4 is 23.2 Å². The zero-order valence-electron chi connectivity index (χ0n) is 14.5. The molecule has 0 aliphatic carbocycles. The zero-order valence-corrected chi connectivity index (χ0v) is 14.5. The first-order chi connectivity index (χ1) is 12.0. The Balaban J connectivity index is 1.87. The monoisotopic (exact) mass is 339 g/mol. The Bertz CT molecular complexity index is 792. The molecule has 1 atom stereocenters. The number of carbonyl (C=O) groups is 2. The molecule has 0 saturated carbocycles. The molecule has 0 fully saturated rings. The molecular formula is C19H21N3O3. The molecule has 2 amide bonds. The fraction of sp³-hybridized carbons (Fsp3) is 0.316. The smallest absolute Gasteiger partial charge is 0.245 e. The molecule has 1 aliphatic heterocycles. The Morgan fingerprint density at radius 1 is 1.24 bits per heavy atom. The largest absolute Gasteiger partial charge is 0.467 e. The van der Waals surface area contributed by atoms with Crippen molar-refractivity contribution in [1.82, 2.24) is 5.01 Å². The Hall–Kier alpha value is -2.89. The van der Waals surface area contributed by atoms with E-state index in [1.165, 1.54) is 11.9 Å². The molecule has 25 heavy (non-hydrogen) atoms. The lowest BCUT2D eigenvalue weighted by atomic mass is 10.0. The van der Waals surface area contributed by atoms with Crippen molar-refractivity contribution in [2.24, 2.45) is 11.0 Å². The summed E-state index contributed by atoms with van der Waals surface area (Å²) in [5.41, 5.74) is 2.47. The third-order valence-corrected chi connectivity index (χ3v) is 4.04. The summed E-state index contributed by atoms with van der Waals surface area (Å²) in [5, 5.41) is 8.83. The van der Waals surface area contributed by atoms with Crippen LogP contribution in [-0.2, 0) is 9.59 Å². The minimum atomic E-state index is -0.227. The maximum absolute atomic E-state index is 12.5. The van der Waals surface area contributed by atoms with E-state index in [2.05, 4.69) is 10.4 Å². The number of rotatable bonds is 4. The van der Waals surface area contributed by atoms with Gasteiger partial charge in [-0.1, -0.05) is 26.0 Å². The van der Waals surface area contributed by atoms with Crippen LogP contribution in [-0.4, -0.2) is 22.5 Å². The Morgan fingerprint density at radius 2 is 1.96 bits per heavy atom. The molecule has 2 heterocycles. The average molecular weight is 339 g/mol. The minimum Gasteiger partial charge on any atom is -0.467 e. The van der Waals surface area contributed by atoms with Crippen LogP contribution in [0, 0.1) is 5.92 Å². The molecule has 130 valence electrons. The Morgan fingerprint density at radius 3 is 2.52 bits per heavy atom. The number of hydrogen-bond acceptors (Lipinski definition) is 4. The molecule has 1 N–H and O–H groups in total. The van der Waals surface area contributed by atoms with Crippen LogP contribution in [0.3, 0.4) is 0 Å². The second-order valence-corrected chi connectivity index (χ2v) is 6.38. The van der Waals surface area contributed by atoms with Gasteiger partial charge in [0.15, 0.2) is 0 Å². The number of amides is 2. The molecule has 6 heteroatoms. The van der Waals surface area contributed by atoms with Crippen LogP contribution in [0.5, 0.6) is 0 Å². The molecule has 6 nitrogen and oxygen atoms in total. The quantitative estimate of drug-likeness (QED) is 0.925. The highest BCUT2D eigenvalue weighted by atomic mass is 16.3. The van der Waals surface area contributed by atoms with Crippen molar-refractivity contribution in [3.05, 3.63) is 54.0 Å². The van der Waals surface area contributed by atoms with Crippen LogP contribution in [0.4, 0.5) is 5.69 Å². The fourth-order valence-electron chi connectivity index (χ4n) is 2.80. The number of hydrogen-bond donors (Lipinski definition) is 1. The van der Waals surface area contributed by atoms with Crippen LogP contribution in [0.25, 0.3) is 0 Å². The fourth-order valence-corrected chi connectivity index (χ4v) is 2.80. The Kier molecular flexibility index (Phi) is 4.70. The Labute approximate surface area is 146 Å². The first-order valence-corrected chi connectivity index (χ1v) is 8.27. The van der Waals surface area contributed by atoms with Crippen LogP contribution in [0.2, 0.25) is 0 Å². The second-order valence-electron chi connectivity index (χ2n) is 6.38. The summed E-state index contributed by atoms with van der Waals surface area (Å²) >= 11 is 0. The zero-order chi connectivity index (χ0) is 18.0. The highest BCUT2D eigenvalue weighted by molar-refractivity contribution is 6.03. The lowest BCUT2D eigenvalue weighted by molar-refractivity contribution is -0.136. The summed E-state index contributed by atoms with van der Waals surface area (Å²) in [4.78, 5) is 23.7. The molecule has 0 unspecified atom stereocenters. The third kappa shape index (κ3) is 3.63. The number of carbonyl (C=O) groups excluding carboxylic acids is 2. The van der Waals surface area contributed by atoms with E-state index in [0.717, 1.165) is 22.7 Å². The summed E-state index contributed by atoms with van der Waals surface area (Å²) in [7, 11) is 0. The molecule has 0 saturated heterocycles. The summed E-state index contributed by atoms with van der Waals surface area (Å²) in [6, 6.07) is 10.9. The molecule has 0 radical (unpaired) electrons. The summed E-state index contributed by atoms with van der Waals surface area (Å²) in [6.45, 7) is 5.19. The first kappa shape index (κ1) is 17.0. The molecule has 3 rings (SSSR count). The highest BCUT2D eigenvalue weighted by Crippen LogP contribution is 2.34. The summed E-state index contributed by atoms with van der Waals surface area (Å²) in [6.07, 6.45) is 2.19. The van der Waals surface area contributed by atoms with Crippen molar-refractivity contribution in [2.75, 3.05) is 5.32 Å². The normalized spacial score (nSPS) is 16.9. The van der Waals surface area contributed by atoms with Crippen molar-refractivity contribution < 1.29 is 14.0 Å². The van der Waals surface area contributed by atoms with Gasteiger partial charge in [0.1, 0.15) is 11.8 Å². The topological polar surface area (TPSA) is 74.9 Å². The van der Waals surface area contributed by atoms with Crippen LogP contribution in [0.1, 0.15) is 44.6 Å². The third-order valence-electron chi connectivity index (χ3n) is 4.04. The summed E-state index contributed by atoms with van der Waals surface area (Å²) < 4.78 is 5.51. The highest BCUT2D eigenvalue weighted by Gasteiger charge is 2.35. The predicted octanol–water partition coefficient (Wildman–Crippen LogP) is 3.57. The SMILES string of the molecule is CC(=O)Nc1ccc(C2=NN(C(=O)C(C)C)[C@H](c3ccco3)C2)cc1. The van der Waals surface area contributed by atoms with Gasteiger partial charge in [0.25, 0.3) is 0 Å².